The summed E-state index contributed by atoms with van der Waals surface area (Å²) in [6.45, 7) is 6.52. The average molecular weight is 512 g/mol. The fourth-order valence-corrected chi connectivity index (χ4v) is 5.86. The molecule has 1 amide bonds. The van der Waals surface area contributed by atoms with Crippen molar-refractivity contribution in [3.05, 3.63) is 65.4 Å². The van der Waals surface area contributed by atoms with Gasteiger partial charge in [0.05, 0.1) is 47.2 Å². The summed E-state index contributed by atoms with van der Waals surface area (Å²) in [6, 6.07) is 10.7. The Balaban J connectivity index is 1.11. The van der Waals surface area contributed by atoms with E-state index in [9.17, 15) is 10.1 Å². The number of nitrogens with one attached hydrogen (secondary N) is 1. The number of piperidine rings is 1. The number of pyridine rings is 2. The van der Waals surface area contributed by atoms with Crippen LogP contribution in [0.5, 0.6) is 0 Å². The van der Waals surface area contributed by atoms with Crippen molar-refractivity contribution >= 4 is 11.6 Å². The van der Waals surface area contributed by atoms with E-state index >= 15 is 0 Å². The smallest absolute Gasteiger partial charge is 0.259 e. The van der Waals surface area contributed by atoms with Gasteiger partial charge in [-0.15, -0.1) is 0 Å². The first-order valence-corrected chi connectivity index (χ1v) is 13.5. The molecule has 0 unspecified atom stereocenters. The maximum Gasteiger partial charge on any atom is 0.259 e. The zero-order valence-corrected chi connectivity index (χ0v) is 21.9. The quantitative estimate of drug-likeness (QED) is 0.530. The van der Waals surface area contributed by atoms with Gasteiger partial charge in [-0.05, 0) is 75.6 Å². The van der Waals surface area contributed by atoms with Crippen LogP contribution in [0.15, 0.2) is 42.9 Å². The molecule has 0 aromatic carbocycles. The van der Waals surface area contributed by atoms with Crippen molar-refractivity contribution in [2.75, 3.05) is 25.0 Å². The van der Waals surface area contributed by atoms with E-state index in [4.69, 9.17) is 4.74 Å². The molecule has 196 valence electrons. The lowest BCUT2D eigenvalue weighted by Crippen LogP contribution is -2.48. The van der Waals surface area contributed by atoms with Gasteiger partial charge in [0.25, 0.3) is 5.91 Å². The number of likely N-dealkylation sites (tertiary alicyclic amines) is 1. The van der Waals surface area contributed by atoms with Crippen LogP contribution in [0.2, 0.25) is 0 Å². The summed E-state index contributed by atoms with van der Waals surface area (Å²) in [5.74, 6) is 1.08. The molecular formula is C29H33N7O2. The van der Waals surface area contributed by atoms with Gasteiger partial charge in [0, 0.05) is 31.9 Å². The van der Waals surface area contributed by atoms with Crippen molar-refractivity contribution in [3.63, 3.8) is 0 Å². The second-order valence-corrected chi connectivity index (χ2v) is 10.8. The summed E-state index contributed by atoms with van der Waals surface area (Å²) >= 11 is 0. The molecule has 0 radical (unpaired) electrons. The number of carbonyl (C=O) groups excluding carboxylic acids is 1. The third kappa shape index (κ3) is 4.59. The number of carbonyl (C=O) groups is 1. The summed E-state index contributed by atoms with van der Waals surface area (Å²) in [6.07, 6.45) is 10.3. The second kappa shape index (κ2) is 9.93. The number of hydrogen-bond acceptors (Lipinski definition) is 7. The van der Waals surface area contributed by atoms with Crippen LogP contribution in [0.4, 0.5) is 5.69 Å². The molecule has 1 N–H and O–H groups in total. The predicted octanol–water partition coefficient (Wildman–Crippen LogP) is 4.14. The highest BCUT2D eigenvalue weighted by atomic mass is 16.5. The van der Waals surface area contributed by atoms with E-state index in [1.807, 2.05) is 31.3 Å². The molecule has 0 spiro atoms. The average Bonchev–Trinajstić information content (AvgIpc) is 3.60. The maximum atomic E-state index is 13.0. The lowest BCUT2D eigenvalue weighted by Gasteiger charge is -2.40. The molecule has 3 aromatic rings. The van der Waals surface area contributed by atoms with Crippen molar-refractivity contribution < 1.29 is 9.53 Å². The highest BCUT2D eigenvalue weighted by molar-refractivity contribution is 6.04. The molecule has 2 aliphatic heterocycles. The Morgan fingerprint density at radius 1 is 1.11 bits per heavy atom. The normalized spacial score (nSPS) is 23.2. The minimum absolute atomic E-state index is 0.241. The van der Waals surface area contributed by atoms with Crippen molar-refractivity contribution in [3.8, 4) is 11.9 Å². The van der Waals surface area contributed by atoms with E-state index in [0.29, 0.717) is 29.0 Å². The highest BCUT2D eigenvalue weighted by Crippen LogP contribution is 2.40. The molecule has 6 rings (SSSR count). The number of nitriles is 1. The minimum atomic E-state index is -0.610. The number of ether oxygens (including phenoxy) is 1. The SMILES string of the molecule is Cc1c(C(=O)Nc2ccc(C3(C#N)CCN([C@@H]4CCO[C@@H]4C)CC3)nc2)cnn1-c1ccc(C2CC2)cn1. The number of rotatable bonds is 6. The van der Waals surface area contributed by atoms with Crippen molar-refractivity contribution in [2.24, 2.45) is 0 Å². The Hall–Kier alpha value is -3.61. The number of aromatic nitrogens is 4. The second-order valence-electron chi connectivity index (χ2n) is 10.8. The Bertz CT molecular complexity index is 1350. The first kappa shape index (κ1) is 24.7. The number of anilines is 1. The molecule has 1 aliphatic carbocycles. The van der Waals surface area contributed by atoms with Crippen molar-refractivity contribution in [2.45, 2.75) is 69.4 Å². The standard InChI is InChI=1S/C29H33N7O2/c1-19-24(17-33-36(19)27-8-5-22(15-32-27)21-3-4-21)28(37)34-23-6-7-26(31-16-23)29(18-30)10-12-35(13-11-29)25-9-14-38-20(25)2/h5-8,15-17,20-21,25H,3-4,9-14H2,1-2H3,(H,34,37)/t20-,25-/m1/s1. The third-order valence-corrected chi connectivity index (χ3v) is 8.47. The number of nitrogens with zero attached hydrogens (tertiary/aromatic N) is 6. The van der Waals surface area contributed by atoms with Crippen molar-refractivity contribution in [1.82, 2.24) is 24.6 Å². The van der Waals surface area contributed by atoms with E-state index < -0.39 is 5.41 Å². The molecule has 9 heteroatoms. The molecular weight excluding hydrogens is 478 g/mol. The van der Waals surface area contributed by atoms with Crippen LogP contribution in [-0.4, -0.2) is 62.4 Å². The molecule has 3 fully saturated rings. The van der Waals surface area contributed by atoms with Gasteiger partial charge in [-0.3, -0.25) is 14.7 Å². The molecule has 1 saturated carbocycles. The Kier molecular flexibility index (Phi) is 6.46. The van der Waals surface area contributed by atoms with Gasteiger partial charge < -0.3 is 10.1 Å². The van der Waals surface area contributed by atoms with Crippen LogP contribution in [0, 0.1) is 18.3 Å². The Labute approximate surface area is 222 Å². The minimum Gasteiger partial charge on any atom is -0.377 e. The van der Waals surface area contributed by atoms with Gasteiger partial charge in [-0.25, -0.2) is 9.67 Å². The van der Waals surface area contributed by atoms with E-state index in [2.05, 4.69) is 44.3 Å². The monoisotopic (exact) mass is 511 g/mol. The van der Waals surface area contributed by atoms with Gasteiger partial charge >= 0.3 is 0 Å². The van der Waals surface area contributed by atoms with Gasteiger partial charge in [-0.2, -0.15) is 10.4 Å². The maximum absolute atomic E-state index is 13.0. The van der Waals surface area contributed by atoms with E-state index in [1.165, 1.54) is 18.4 Å². The first-order chi connectivity index (χ1) is 18.5. The lowest BCUT2D eigenvalue weighted by atomic mass is 9.76. The van der Waals surface area contributed by atoms with Gasteiger partial charge in [-0.1, -0.05) is 6.07 Å². The van der Waals surface area contributed by atoms with Crippen LogP contribution in [0.3, 0.4) is 0 Å². The van der Waals surface area contributed by atoms with Crippen LogP contribution >= 0.6 is 0 Å². The van der Waals surface area contributed by atoms with Crippen molar-refractivity contribution in [1.29, 1.82) is 5.26 Å². The number of hydrogen-bond donors (Lipinski definition) is 1. The molecule has 38 heavy (non-hydrogen) atoms. The summed E-state index contributed by atoms with van der Waals surface area (Å²) in [4.78, 5) is 24.7. The van der Waals surface area contributed by atoms with E-state index in [-0.39, 0.29) is 12.0 Å². The fourth-order valence-electron chi connectivity index (χ4n) is 5.86. The molecule has 5 heterocycles. The van der Waals surface area contributed by atoms with E-state index in [1.54, 1.807) is 17.1 Å². The molecule has 2 saturated heterocycles. The zero-order valence-electron chi connectivity index (χ0n) is 21.9. The van der Waals surface area contributed by atoms with Gasteiger partial charge in [0.15, 0.2) is 5.82 Å². The summed E-state index contributed by atoms with van der Waals surface area (Å²) in [7, 11) is 0. The summed E-state index contributed by atoms with van der Waals surface area (Å²) in [5, 5.41) is 17.4. The van der Waals surface area contributed by atoms with Crippen LogP contribution in [-0.2, 0) is 10.2 Å². The first-order valence-electron chi connectivity index (χ1n) is 13.5. The Morgan fingerprint density at radius 3 is 2.53 bits per heavy atom. The highest BCUT2D eigenvalue weighted by Gasteiger charge is 2.41. The third-order valence-electron chi connectivity index (χ3n) is 8.47. The van der Waals surface area contributed by atoms with Crippen LogP contribution < -0.4 is 5.32 Å². The largest absolute Gasteiger partial charge is 0.377 e. The summed E-state index contributed by atoms with van der Waals surface area (Å²) < 4.78 is 7.43. The predicted molar refractivity (Wildman–Crippen MR) is 142 cm³/mol. The van der Waals surface area contributed by atoms with Crippen LogP contribution in [0.25, 0.3) is 5.82 Å². The Morgan fingerprint density at radius 2 is 1.92 bits per heavy atom. The topological polar surface area (TPSA) is 109 Å². The zero-order chi connectivity index (χ0) is 26.3. The van der Waals surface area contributed by atoms with Crippen LogP contribution in [0.1, 0.15) is 72.3 Å². The van der Waals surface area contributed by atoms with E-state index in [0.717, 1.165) is 50.3 Å². The van der Waals surface area contributed by atoms with Gasteiger partial charge in [0.2, 0.25) is 0 Å². The molecule has 9 nitrogen and oxygen atoms in total. The summed E-state index contributed by atoms with van der Waals surface area (Å²) in [5.41, 5.74) is 3.19. The molecule has 0 bridgehead atoms. The lowest BCUT2D eigenvalue weighted by molar-refractivity contribution is 0.0570. The molecule has 3 aliphatic rings. The molecule has 2 atom stereocenters. The fraction of sp³-hybridized carbons (Fsp3) is 0.483. The molecule has 3 aromatic heterocycles. The number of amides is 1. The van der Waals surface area contributed by atoms with Gasteiger partial charge in [0.1, 0.15) is 5.41 Å².